The van der Waals surface area contributed by atoms with Gasteiger partial charge in [-0.05, 0) is 71.0 Å². The van der Waals surface area contributed by atoms with Crippen molar-refractivity contribution in [1.82, 2.24) is 0 Å². The molecule has 0 aromatic heterocycles. The molecule has 0 bridgehead atoms. The minimum absolute atomic E-state index is 0.384. The summed E-state index contributed by atoms with van der Waals surface area (Å²) < 4.78 is 11.8. The number of fused-ring (bicyclic) bond motifs is 1. The molecule has 0 amide bonds. The summed E-state index contributed by atoms with van der Waals surface area (Å²) in [7, 11) is 0. The van der Waals surface area contributed by atoms with E-state index in [1.165, 1.54) is 42.0 Å². The summed E-state index contributed by atoms with van der Waals surface area (Å²) >= 11 is 0. The van der Waals surface area contributed by atoms with Gasteiger partial charge in [0.15, 0.2) is 6.61 Å². The van der Waals surface area contributed by atoms with Gasteiger partial charge in [0.1, 0.15) is 17.2 Å². The Balaban J connectivity index is 1.41. The van der Waals surface area contributed by atoms with Crippen molar-refractivity contribution in [3.05, 3.63) is 102 Å². The van der Waals surface area contributed by atoms with Crippen molar-refractivity contribution in [1.29, 1.82) is 0 Å². The molecule has 0 atom stereocenters. The largest absolute Gasteiger partial charge is 0.482 e. The quantitative estimate of drug-likeness (QED) is 0.304. The van der Waals surface area contributed by atoms with E-state index in [1.54, 1.807) is 6.07 Å². The van der Waals surface area contributed by atoms with Gasteiger partial charge >= 0.3 is 5.97 Å². The lowest BCUT2D eigenvalue weighted by molar-refractivity contribution is -0.139. The maximum atomic E-state index is 11.1. The number of hydrogen-bond donors (Lipinski definition) is 1. The number of benzene rings is 4. The van der Waals surface area contributed by atoms with Crippen LogP contribution in [0.15, 0.2) is 84.9 Å². The fourth-order valence-electron chi connectivity index (χ4n) is 4.89. The van der Waals surface area contributed by atoms with E-state index >= 15 is 0 Å². The zero-order valence-electron chi connectivity index (χ0n) is 19.1. The monoisotopic (exact) mass is 452 g/mol. The number of aliphatic carboxylic acids is 1. The molecule has 1 saturated carbocycles. The van der Waals surface area contributed by atoms with Crippen LogP contribution >= 0.6 is 0 Å². The maximum absolute atomic E-state index is 11.1. The second-order valence-electron chi connectivity index (χ2n) is 8.92. The normalized spacial score (nSPS) is 13.8. The van der Waals surface area contributed by atoms with Gasteiger partial charge in [0.2, 0.25) is 0 Å². The van der Waals surface area contributed by atoms with E-state index in [1.807, 2.05) is 42.5 Å². The first-order valence-corrected chi connectivity index (χ1v) is 11.9. The van der Waals surface area contributed by atoms with Crippen LogP contribution in [0.4, 0.5) is 0 Å². The third-order valence-corrected chi connectivity index (χ3v) is 6.59. The van der Waals surface area contributed by atoms with Crippen LogP contribution in [0.25, 0.3) is 10.8 Å². The third kappa shape index (κ3) is 5.07. The minimum Gasteiger partial charge on any atom is -0.482 e. The smallest absolute Gasteiger partial charge is 0.341 e. The van der Waals surface area contributed by atoms with E-state index in [4.69, 9.17) is 14.6 Å². The Hall–Kier alpha value is -3.79. The molecule has 34 heavy (non-hydrogen) atoms. The molecule has 1 aliphatic rings. The molecule has 1 N–H and O–H groups in total. The molecule has 0 aliphatic heterocycles. The first kappa shape index (κ1) is 22.0. The number of rotatable bonds is 8. The van der Waals surface area contributed by atoms with Crippen molar-refractivity contribution in [2.24, 2.45) is 0 Å². The molecule has 4 heteroatoms. The Morgan fingerprint density at radius 1 is 0.824 bits per heavy atom. The van der Waals surface area contributed by atoms with E-state index in [-0.39, 0.29) is 6.61 Å². The predicted octanol–water partition coefficient (Wildman–Crippen LogP) is 7.34. The van der Waals surface area contributed by atoms with Gasteiger partial charge in [-0.2, -0.15) is 0 Å². The standard InChI is InChI=1S/C30H28O4/c31-30(32)20-33-29-17-16-27(34-26-14-12-22(13-15-26)21-6-1-2-7-21)19-25(29)18-24-10-5-9-23-8-3-4-11-28(23)24/h3-5,8-17,19,21H,1-2,6-7,18,20H2,(H,31,32). The van der Waals surface area contributed by atoms with Crippen molar-refractivity contribution in [3.8, 4) is 17.2 Å². The first-order chi connectivity index (χ1) is 16.7. The van der Waals surface area contributed by atoms with Crippen LogP contribution in [-0.2, 0) is 11.2 Å². The fraction of sp³-hybridized carbons (Fsp3) is 0.233. The van der Waals surface area contributed by atoms with E-state index in [0.29, 0.717) is 23.8 Å². The average Bonchev–Trinajstić information content (AvgIpc) is 3.39. The predicted molar refractivity (Wildman–Crippen MR) is 134 cm³/mol. The van der Waals surface area contributed by atoms with E-state index in [9.17, 15) is 4.79 Å². The summed E-state index contributed by atoms with van der Waals surface area (Å²) in [6.07, 6.45) is 5.79. The van der Waals surface area contributed by atoms with Gasteiger partial charge in [-0.25, -0.2) is 4.79 Å². The van der Waals surface area contributed by atoms with Crippen LogP contribution < -0.4 is 9.47 Å². The van der Waals surface area contributed by atoms with E-state index in [2.05, 4.69) is 36.4 Å². The lowest BCUT2D eigenvalue weighted by atomic mass is 9.97. The van der Waals surface area contributed by atoms with Gasteiger partial charge in [0, 0.05) is 12.0 Å². The zero-order valence-corrected chi connectivity index (χ0v) is 19.1. The third-order valence-electron chi connectivity index (χ3n) is 6.59. The van der Waals surface area contributed by atoms with Gasteiger partial charge in [-0.1, -0.05) is 67.4 Å². The van der Waals surface area contributed by atoms with Crippen LogP contribution in [0.5, 0.6) is 17.2 Å². The number of carboxylic acids is 1. The highest BCUT2D eigenvalue weighted by Gasteiger charge is 2.17. The molecule has 0 spiro atoms. The number of carboxylic acid groups (broad SMARTS) is 1. The molecule has 1 aliphatic carbocycles. The molecular weight excluding hydrogens is 424 g/mol. The molecule has 0 unspecified atom stereocenters. The highest BCUT2D eigenvalue weighted by molar-refractivity contribution is 5.86. The van der Waals surface area contributed by atoms with Crippen molar-refractivity contribution in [2.45, 2.75) is 38.0 Å². The van der Waals surface area contributed by atoms with Gasteiger partial charge < -0.3 is 14.6 Å². The van der Waals surface area contributed by atoms with Gasteiger partial charge in [-0.15, -0.1) is 0 Å². The molecule has 172 valence electrons. The lowest BCUT2D eigenvalue weighted by Crippen LogP contribution is -2.10. The summed E-state index contributed by atoms with van der Waals surface area (Å²) in [6, 6.07) is 28.5. The summed E-state index contributed by atoms with van der Waals surface area (Å²) in [6.45, 7) is -0.384. The maximum Gasteiger partial charge on any atom is 0.341 e. The summed E-state index contributed by atoms with van der Waals surface area (Å²) in [4.78, 5) is 11.1. The van der Waals surface area contributed by atoms with Gasteiger partial charge in [0.25, 0.3) is 0 Å². The Labute approximate surface area is 199 Å². The molecule has 4 aromatic rings. The van der Waals surface area contributed by atoms with Gasteiger partial charge in [-0.3, -0.25) is 0 Å². The van der Waals surface area contributed by atoms with Crippen molar-refractivity contribution in [3.63, 3.8) is 0 Å². The molecule has 0 heterocycles. The highest BCUT2D eigenvalue weighted by atomic mass is 16.5. The van der Waals surface area contributed by atoms with Crippen molar-refractivity contribution >= 4 is 16.7 Å². The fourth-order valence-corrected chi connectivity index (χ4v) is 4.89. The second kappa shape index (κ2) is 10.0. The average molecular weight is 453 g/mol. The number of hydrogen-bond acceptors (Lipinski definition) is 3. The molecular formula is C30H28O4. The van der Waals surface area contributed by atoms with Crippen molar-refractivity contribution < 1.29 is 19.4 Å². The SMILES string of the molecule is O=C(O)COc1ccc(Oc2ccc(C3CCCC3)cc2)cc1Cc1cccc2ccccc12. The first-order valence-electron chi connectivity index (χ1n) is 11.9. The van der Waals surface area contributed by atoms with Crippen LogP contribution in [0.1, 0.15) is 48.3 Å². The summed E-state index contributed by atoms with van der Waals surface area (Å²) in [5, 5.41) is 11.4. The molecule has 5 rings (SSSR count). The van der Waals surface area contributed by atoms with Crippen LogP contribution in [0.3, 0.4) is 0 Å². The van der Waals surface area contributed by atoms with Crippen LogP contribution in [0, 0.1) is 0 Å². The van der Waals surface area contributed by atoms with E-state index < -0.39 is 5.97 Å². The molecule has 0 radical (unpaired) electrons. The molecule has 1 fully saturated rings. The Bertz CT molecular complexity index is 1280. The number of carbonyl (C=O) groups is 1. The minimum atomic E-state index is -1.00. The lowest BCUT2D eigenvalue weighted by Gasteiger charge is -2.15. The summed E-state index contributed by atoms with van der Waals surface area (Å²) in [5.74, 6) is 1.72. The van der Waals surface area contributed by atoms with E-state index in [0.717, 1.165) is 16.9 Å². The molecule has 4 nitrogen and oxygen atoms in total. The van der Waals surface area contributed by atoms with Crippen molar-refractivity contribution in [2.75, 3.05) is 6.61 Å². The Kier molecular flexibility index (Phi) is 6.48. The van der Waals surface area contributed by atoms with Crippen LogP contribution in [-0.4, -0.2) is 17.7 Å². The highest BCUT2D eigenvalue weighted by Crippen LogP contribution is 2.36. The summed E-state index contributed by atoms with van der Waals surface area (Å²) in [5.41, 5.74) is 3.42. The Morgan fingerprint density at radius 2 is 1.56 bits per heavy atom. The second-order valence-corrected chi connectivity index (χ2v) is 8.92. The Morgan fingerprint density at radius 3 is 2.35 bits per heavy atom. The topological polar surface area (TPSA) is 55.8 Å². The molecule has 4 aromatic carbocycles. The molecule has 0 saturated heterocycles. The zero-order chi connectivity index (χ0) is 23.3. The van der Waals surface area contributed by atoms with Gasteiger partial charge in [0.05, 0.1) is 0 Å². The van der Waals surface area contributed by atoms with Crippen LogP contribution in [0.2, 0.25) is 0 Å². The number of ether oxygens (including phenoxy) is 2.